The van der Waals surface area contributed by atoms with Gasteiger partial charge in [0.25, 0.3) is 0 Å². The van der Waals surface area contributed by atoms with E-state index < -0.39 is 0 Å². The Kier molecular flexibility index (Phi) is 9.43. The summed E-state index contributed by atoms with van der Waals surface area (Å²) in [5.41, 5.74) is 3.00. The molecule has 3 N–H and O–H groups in total. The van der Waals surface area contributed by atoms with E-state index in [0.717, 1.165) is 32.5 Å². The lowest BCUT2D eigenvalue weighted by molar-refractivity contribution is -0.0201. The number of hydrazine groups is 1. The van der Waals surface area contributed by atoms with E-state index in [9.17, 15) is 0 Å². The third-order valence-corrected chi connectivity index (χ3v) is 4.20. The fraction of sp³-hybridized carbons (Fsp3) is 1.00. The van der Waals surface area contributed by atoms with E-state index in [1.165, 1.54) is 32.1 Å². The molecule has 2 atom stereocenters. The Morgan fingerprint density at radius 1 is 1.21 bits per heavy atom. The molecule has 0 aliphatic heterocycles. The Morgan fingerprint density at radius 2 is 1.95 bits per heavy atom. The third kappa shape index (κ3) is 6.21. The van der Waals surface area contributed by atoms with E-state index >= 15 is 0 Å². The van der Waals surface area contributed by atoms with Crippen LogP contribution in [0.4, 0.5) is 0 Å². The molecule has 1 aliphatic rings. The Hall–Kier alpha value is -0.160. The van der Waals surface area contributed by atoms with Crippen LogP contribution in [0.2, 0.25) is 0 Å². The molecule has 0 aromatic rings. The molecule has 0 radical (unpaired) electrons. The molecular formula is C15H32N2O2. The lowest BCUT2D eigenvalue weighted by atomic mass is 9.81. The van der Waals surface area contributed by atoms with Gasteiger partial charge in [-0.05, 0) is 44.9 Å². The minimum absolute atomic E-state index is 0.276. The maximum Gasteiger partial charge on any atom is 0.0769 e. The van der Waals surface area contributed by atoms with Crippen molar-refractivity contribution in [3.05, 3.63) is 0 Å². The summed E-state index contributed by atoms with van der Waals surface area (Å²) >= 11 is 0. The van der Waals surface area contributed by atoms with Crippen LogP contribution >= 0.6 is 0 Å². The zero-order valence-electron chi connectivity index (χ0n) is 12.7. The van der Waals surface area contributed by atoms with Crippen LogP contribution in [0.25, 0.3) is 0 Å². The van der Waals surface area contributed by atoms with Crippen molar-refractivity contribution in [1.29, 1.82) is 0 Å². The van der Waals surface area contributed by atoms with Gasteiger partial charge in [-0.2, -0.15) is 0 Å². The van der Waals surface area contributed by atoms with E-state index in [1.807, 2.05) is 0 Å². The first-order valence-electron chi connectivity index (χ1n) is 7.90. The van der Waals surface area contributed by atoms with Gasteiger partial charge >= 0.3 is 0 Å². The average molecular weight is 272 g/mol. The highest BCUT2D eigenvalue weighted by atomic mass is 16.5. The van der Waals surface area contributed by atoms with Gasteiger partial charge in [-0.25, -0.2) is 0 Å². The molecule has 0 aromatic carbocycles. The Bertz CT molecular complexity index is 208. The summed E-state index contributed by atoms with van der Waals surface area (Å²) in [4.78, 5) is 0. The first-order valence-corrected chi connectivity index (χ1v) is 7.90. The lowest BCUT2D eigenvalue weighted by Crippen LogP contribution is -2.49. The fourth-order valence-corrected chi connectivity index (χ4v) is 3.19. The van der Waals surface area contributed by atoms with Crippen LogP contribution in [-0.4, -0.2) is 32.5 Å². The first-order chi connectivity index (χ1) is 9.33. The van der Waals surface area contributed by atoms with Crippen LogP contribution in [0.15, 0.2) is 0 Å². The number of ether oxygens (including phenoxy) is 2. The highest BCUT2D eigenvalue weighted by molar-refractivity contribution is 4.84. The van der Waals surface area contributed by atoms with Crippen LogP contribution < -0.4 is 11.3 Å². The van der Waals surface area contributed by atoms with Crippen molar-refractivity contribution in [2.45, 2.75) is 70.4 Å². The monoisotopic (exact) mass is 272 g/mol. The molecule has 114 valence electrons. The second kappa shape index (κ2) is 10.6. The zero-order valence-corrected chi connectivity index (χ0v) is 12.7. The smallest absolute Gasteiger partial charge is 0.0769 e. The van der Waals surface area contributed by atoms with E-state index in [4.69, 9.17) is 15.3 Å². The first kappa shape index (κ1) is 16.9. The van der Waals surface area contributed by atoms with Crippen molar-refractivity contribution in [2.24, 2.45) is 11.8 Å². The maximum atomic E-state index is 6.02. The van der Waals surface area contributed by atoms with Gasteiger partial charge in [0.15, 0.2) is 0 Å². The van der Waals surface area contributed by atoms with Crippen LogP contribution in [-0.2, 0) is 9.47 Å². The topological polar surface area (TPSA) is 56.5 Å². The summed E-state index contributed by atoms with van der Waals surface area (Å²) in [6.07, 6.45) is 10.2. The van der Waals surface area contributed by atoms with Crippen LogP contribution in [0.3, 0.4) is 0 Å². The molecule has 0 aromatic heterocycles. The molecule has 1 fully saturated rings. The van der Waals surface area contributed by atoms with Crippen molar-refractivity contribution in [3.8, 4) is 0 Å². The third-order valence-electron chi connectivity index (χ3n) is 4.20. The summed E-state index contributed by atoms with van der Waals surface area (Å²) in [5, 5.41) is 0. The fourth-order valence-electron chi connectivity index (χ4n) is 3.19. The largest absolute Gasteiger partial charge is 0.385 e. The molecule has 0 saturated heterocycles. The minimum atomic E-state index is 0.276. The molecule has 1 saturated carbocycles. The molecule has 4 nitrogen and oxygen atoms in total. The second-order valence-corrected chi connectivity index (χ2v) is 5.58. The van der Waals surface area contributed by atoms with Crippen molar-refractivity contribution in [2.75, 3.05) is 20.3 Å². The van der Waals surface area contributed by atoms with Gasteiger partial charge in [0, 0.05) is 26.4 Å². The maximum absolute atomic E-state index is 6.02. The van der Waals surface area contributed by atoms with Crippen LogP contribution in [0.5, 0.6) is 0 Å². The predicted molar refractivity (Wildman–Crippen MR) is 78.8 cm³/mol. The molecular weight excluding hydrogens is 240 g/mol. The predicted octanol–water partition coefficient (Wildman–Crippen LogP) is 2.62. The highest BCUT2D eigenvalue weighted by Crippen LogP contribution is 2.30. The molecule has 4 heteroatoms. The van der Waals surface area contributed by atoms with Crippen molar-refractivity contribution >= 4 is 0 Å². The number of hydrogen-bond acceptors (Lipinski definition) is 4. The molecule has 0 amide bonds. The van der Waals surface area contributed by atoms with Gasteiger partial charge in [0.1, 0.15) is 0 Å². The molecule has 0 heterocycles. The van der Waals surface area contributed by atoms with Gasteiger partial charge in [-0.1, -0.05) is 19.3 Å². The number of nitrogens with two attached hydrogens (primary N) is 1. The zero-order chi connectivity index (χ0) is 13.9. The van der Waals surface area contributed by atoms with Crippen molar-refractivity contribution in [3.63, 3.8) is 0 Å². The van der Waals surface area contributed by atoms with Crippen molar-refractivity contribution in [1.82, 2.24) is 5.43 Å². The summed E-state index contributed by atoms with van der Waals surface area (Å²) in [5.74, 6) is 6.44. The van der Waals surface area contributed by atoms with Gasteiger partial charge in [-0.3, -0.25) is 11.3 Å². The average Bonchev–Trinajstić information content (AvgIpc) is 2.47. The SMILES string of the molecule is CCOC(C1CCCCC1)C(CCCCOC)NN. The molecule has 0 bridgehead atoms. The normalized spacial score (nSPS) is 20.4. The van der Waals surface area contributed by atoms with Gasteiger partial charge in [0.2, 0.25) is 0 Å². The number of methoxy groups -OCH3 is 1. The summed E-state index contributed by atoms with van der Waals surface area (Å²) in [6, 6.07) is 0.278. The Morgan fingerprint density at radius 3 is 2.53 bits per heavy atom. The summed E-state index contributed by atoms with van der Waals surface area (Å²) < 4.78 is 11.1. The standard InChI is InChI=1S/C15H32N2O2/c1-3-19-15(13-9-5-4-6-10-13)14(17-16)11-7-8-12-18-2/h13-15,17H,3-12,16H2,1-2H3. The minimum Gasteiger partial charge on any atom is -0.385 e. The molecule has 1 rings (SSSR count). The molecule has 1 aliphatic carbocycles. The van der Waals surface area contributed by atoms with Crippen molar-refractivity contribution < 1.29 is 9.47 Å². The number of rotatable bonds is 10. The van der Waals surface area contributed by atoms with Crippen LogP contribution in [0, 0.1) is 5.92 Å². The van der Waals surface area contributed by atoms with Gasteiger partial charge in [-0.15, -0.1) is 0 Å². The lowest BCUT2D eigenvalue weighted by Gasteiger charge is -2.35. The Labute approximate surface area is 118 Å². The van der Waals surface area contributed by atoms with E-state index in [0.29, 0.717) is 5.92 Å². The van der Waals surface area contributed by atoms with Gasteiger partial charge in [0.05, 0.1) is 6.10 Å². The second-order valence-electron chi connectivity index (χ2n) is 5.58. The van der Waals surface area contributed by atoms with E-state index in [2.05, 4.69) is 12.3 Å². The quantitative estimate of drug-likeness (QED) is 0.365. The summed E-state index contributed by atoms with van der Waals surface area (Å²) in [7, 11) is 1.75. The Balaban J connectivity index is 2.44. The van der Waals surface area contributed by atoms with Crippen LogP contribution in [0.1, 0.15) is 58.3 Å². The molecule has 19 heavy (non-hydrogen) atoms. The van der Waals surface area contributed by atoms with E-state index in [-0.39, 0.29) is 12.1 Å². The summed E-state index contributed by atoms with van der Waals surface area (Å²) in [6.45, 7) is 3.69. The van der Waals surface area contributed by atoms with E-state index in [1.54, 1.807) is 7.11 Å². The number of nitrogens with one attached hydrogen (secondary N) is 1. The molecule has 0 spiro atoms. The number of hydrogen-bond donors (Lipinski definition) is 2. The van der Waals surface area contributed by atoms with Gasteiger partial charge < -0.3 is 9.47 Å². The number of unbranched alkanes of at least 4 members (excludes halogenated alkanes) is 1. The highest BCUT2D eigenvalue weighted by Gasteiger charge is 2.30. The molecule has 2 unspecified atom stereocenters.